The first-order chi connectivity index (χ1) is 16.9. The normalized spacial score (nSPS) is 10.6. The van der Waals surface area contributed by atoms with E-state index in [4.69, 9.17) is 0 Å². The minimum atomic E-state index is -0.412. The summed E-state index contributed by atoms with van der Waals surface area (Å²) in [5.41, 5.74) is 3.21. The maximum atomic E-state index is 13.1. The van der Waals surface area contributed by atoms with Gasteiger partial charge in [-0.2, -0.15) is 4.37 Å². The molecule has 11 heteroatoms. The van der Waals surface area contributed by atoms with Crippen LogP contribution in [-0.2, 0) is 9.53 Å². The second-order valence-corrected chi connectivity index (χ2v) is 8.23. The fourth-order valence-corrected chi connectivity index (χ4v) is 4.07. The monoisotopic (exact) mass is 490 g/mol. The number of nitrogens with one attached hydrogen (secondary N) is 3. The number of carbonyl (C=O) groups is 3. The van der Waals surface area contributed by atoms with E-state index in [1.165, 1.54) is 7.11 Å². The van der Waals surface area contributed by atoms with Gasteiger partial charge in [-0.3, -0.25) is 19.4 Å². The lowest BCUT2D eigenvalue weighted by molar-refractivity contribution is -0.140. The SMILES string of the molecule is COC(=O)CCNC(=O)c1cccc(NC(=O)c2c(C)nsc2Nc2cnc3ccccc3n2)c1. The highest BCUT2D eigenvalue weighted by molar-refractivity contribution is 7.10. The highest BCUT2D eigenvalue weighted by Crippen LogP contribution is 2.28. The molecule has 0 spiro atoms. The Bertz CT molecular complexity index is 1400. The summed E-state index contributed by atoms with van der Waals surface area (Å²) in [7, 11) is 1.29. The van der Waals surface area contributed by atoms with Gasteiger partial charge in [0.2, 0.25) is 0 Å². The Morgan fingerprint density at radius 1 is 1.03 bits per heavy atom. The second-order valence-electron chi connectivity index (χ2n) is 7.46. The van der Waals surface area contributed by atoms with Gasteiger partial charge in [0.1, 0.15) is 10.8 Å². The number of esters is 1. The van der Waals surface area contributed by atoms with Gasteiger partial charge < -0.3 is 20.7 Å². The van der Waals surface area contributed by atoms with E-state index in [-0.39, 0.29) is 24.8 Å². The highest BCUT2D eigenvalue weighted by atomic mass is 32.1. The van der Waals surface area contributed by atoms with Crippen LogP contribution in [0.25, 0.3) is 11.0 Å². The summed E-state index contributed by atoms with van der Waals surface area (Å²) in [4.78, 5) is 45.6. The standard InChI is InChI=1S/C24H22N6O4S/c1-14-21(24(35-30-14)29-19-13-26-17-8-3-4-9-18(17)28-19)23(33)27-16-7-5-6-15(12-16)22(32)25-11-10-20(31)34-2/h3-9,12-13H,10-11H2,1-2H3,(H,25,32)(H,27,33)(H,28,29). The molecule has 2 amide bonds. The van der Waals surface area contributed by atoms with Gasteiger partial charge in [0.15, 0.2) is 0 Å². The van der Waals surface area contributed by atoms with Crippen LogP contribution in [0.1, 0.15) is 32.8 Å². The maximum absolute atomic E-state index is 13.1. The number of nitrogens with zero attached hydrogens (tertiary/aromatic N) is 3. The number of hydrogen-bond acceptors (Lipinski definition) is 9. The molecule has 0 aliphatic rings. The minimum absolute atomic E-state index is 0.0699. The molecular weight excluding hydrogens is 468 g/mol. The Labute approximate surface area is 204 Å². The topological polar surface area (TPSA) is 135 Å². The third kappa shape index (κ3) is 5.76. The fraction of sp³-hybridized carbons (Fsp3) is 0.167. The zero-order valence-corrected chi connectivity index (χ0v) is 19.8. The first kappa shape index (κ1) is 23.8. The van der Waals surface area contributed by atoms with E-state index in [2.05, 4.69) is 35.0 Å². The van der Waals surface area contributed by atoms with Crippen LogP contribution in [0, 0.1) is 6.92 Å². The number of benzene rings is 2. The summed E-state index contributed by atoms with van der Waals surface area (Å²) < 4.78 is 8.86. The van der Waals surface area contributed by atoms with E-state index in [1.807, 2.05) is 24.3 Å². The van der Waals surface area contributed by atoms with Crippen molar-refractivity contribution in [2.45, 2.75) is 13.3 Å². The Kier molecular flexibility index (Phi) is 7.27. The summed E-state index contributed by atoms with van der Waals surface area (Å²) in [5, 5.41) is 9.13. The molecule has 0 bridgehead atoms. The van der Waals surface area contributed by atoms with Gasteiger partial charge in [0, 0.05) is 17.8 Å². The molecule has 0 unspecified atom stereocenters. The van der Waals surface area contributed by atoms with Gasteiger partial charge in [-0.15, -0.1) is 0 Å². The zero-order chi connectivity index (χ0) is 24.8. The number of hydrogen-bond donors (Lipinski definition) is 3. The Balaban J connectivity index is 1.46. The van der Waals surface area contributed by atoms with Crippen molar-refractivity contribution in [2.75, 3.05) is 24.3 Å². The van der Waals surface area contributed by atoms with Crippen LogP contribution < -0.4 is 16.0 Å². The van der Waals surface area contributed by atoms with E-state index < -0.39 is 5.97 Å². The summed E-state index contributed by atoms with van der Waals surface area (Å²) >= 11 is 1.14. The number of para-hydroxylation sites is 2. The van der Waals surface area contributed by atoms with Crippen LogP contribution >= 0.6 is 11.5 Å². The van der Waals surface area contributed by atoms with Crippen molar-refractivity contribution in [2.24, 2.45) is 0 Å². The number of amides is 2. The van der Waals surface area contributed by atoms with E-state index >= 15 is 0 Å². The molecule has 4 aromatic rings. The number of anilines is 3. The molecule has 0 aliphatic carbocycles. The molecular formula is C24H22N6O4S. The Morgan fingerprint density at radius 3 is 2.63 bits per heavy atom. The molecule has 3 N–H and O–H groups in total. The second kappa shape index (κ2) is 10.7. The molecule has 2 heterocycles. The van der Waals surface area contributed by atoms with Crippen molar-refractivity contribution in [3.05, 3.63) is 71.5 Å². The molecule has 10 nitrogen and oxygen atoms in total. The number of rotatable bonds is 8. The maximum Gasteiger partial charge on any atom is 0.307 e. The molecule has 0 radical (unpaired) electrons. The number of ether oxygens (including phenoxy) is 1. The first-order valence-corrected chi connectivity index (χ1v) is 11.4. The summed E-state index contributed by atoms with van der Waals surface area (Å²) in [5.74, 6) is -0.663. The molecule has 0 saturated heterocycles. The van der Waals surface area contributed by atoms with Gasteiger partial charge in [-0.25, -0.2) is 4.98 Å². The van der Waals surface area contributed by atoms with Crippen molar-refractivity contribution >= 4 is 56.9 Å². The van der Waals surface area contributed by atoms with Crippen molar-refractivity contribution in [3.8, 4) is 0 Å². The quantitative estimate of drug-likeness (QED) is 0.318. The summed E-state index contributed by atoms with van der Waals surface area (Å²) in [6.45, 7) is 1.89. The van der Waals surface area contributed by atoms with Crippen molar-refractivity contribution < 1.29 is 19.1 Å². The molecule has 35 heavy (non-hydrogen) atoms. The van der Waals surface area contributed by atoms with Crippen molar-refractivity contribution in [3.63, 3.8) is 0 Å². The van der Waals surface area contributed by atoms with Crippen LogP contribution in [0.15, 0.2) is 54.7 Å². The van der Waals surface area contributed by atoms with Crippen molar-refractivity contribution in [1.82, 2.24) is 19.7 Å². The third-order valence-electron chi connectivity index (χ3n) is 5.00. The number of methoxy groups -OCH3 is 1. The molecule has 2 aromatic heterocycles. The number of fused-ring (bicyclic) bond motifs is 1. The van der Waals surface area contributed by atoms with Crippen LogP contribution in [0.3, 0.4) is 0 Å². The third-order valence-corrected chi connectivity index (χ3v) is 5.86. The van der Waals surface area contributed by atoms with Crippen LogP contribution in [0.2, 0.25) is 0 Å². The van der Waals surface area contributed by atoms with Gasteiger partial charge in [0.05, 0.1) is 42.0 Å². The molecule has 178 valence electrons. The van der Waals surface area contributed by atoms with E-state index in [9.17, 15) is 14.4 Å². The lowest BCUT2D eigenvalue weighted by Gasteiger charge is -2.10. The summed E-state index contributed by atoms with van der Waals surface area (Å²) in [6, 6.07) is 14.0. The summed E-state index contributed by atoms with van der Waals surface area (Å²) in [6.07, 6.45) is 1.67. The molecule has 4 rings (SSSR count). The van der Waals surface area contributed by atoms with Crippen LogP contribution in [-0.4, -0.2) is 45.8 Å². The van der Waals surface area contributed by atoms with E-state index in [0.717, 1.165) is 22.6 Å². The predicted molar refractivity (Wildman–Crippen MR) is 133 cm³/mol. The zero-order valence-electron chi connectivity index (χ0n) is 19.0. The van der Waals surface area contributed by atoms with Crippen LogP contribution in [0.4, 0.5) is 16.5 Å². The fourth-order valence-electron chi connectivity index (χ4n) is 3.27. The van der Waals surface area contributed by atoms with E-state index in [0.29, 0.717) is 33.3 Å². The lowest BCUT2D eigenvalue weighted by Crippen LogP contribution is -2.26. The smallest absolute Gasteiger partial charge is 0.307 e. The van der Waals surface area contributed by atoms with Gasteiger partial charge >= 0.3 is 5.97 Å². The van der Waals surface area contributed by atoms with Gasteiger partial charge in [0.25, 0.3) is 11.8 Å². The number of aryl methyl sites for hydroxylation is 1. The van der Waals surface area contributed by atoms with E-state index in [1.54, 1.807) is 37.4 Å². The average Bonchev–Trinajstić information content (AvgIpc) is 3.23. The minimum Gasteiger partial charge on any atom is -0.469 e. The molecule has 0 atom stereocenters. The lowest BCUT2D eigenvalue weighted by atomic mass is 10.1. The van der Waals surface area contributed by atoms with Gasteiger partial charge in [-0.1, -0.05) is 18.2 Å². The first-order valence-electron chi connectivity index (χ1n) is 10.7. The largest absolute Gasteiger partial charge is 0.469 e. The molecule has 0 aliphatic heterocycles. The number of carbonyl (C=O) groups excluding carboxylic acids is 3. The molecule has 0 fully saturated rings. The molecule has 2 aromatic carbocycles. The predicted octanol–water partition coefficient (Wildman–Crippen LogP) is 3.68. The highest BCUT2D eigenvalue weighted by Gasteiger charge is 2.20. The Morgan fingerprint density at radius 2 is 1.83 bits per heavy atom. The Hall–Kier alpha value is -4.38. The van der Waals surface area contributed by atoms with Crippen LogP contribution in [0.5, 0.6) is 0 Å². The number of aromatic nitrogens is 3. The molecule has 0 saturated carbocycles. The van der Waals surface area contributed by atoms with Crippen molar-refractivity contribution in [1.29, 1.82) is 0 Å². The van der Waals surface area contributed by atoms with Gasteiger partial charge in [-0.05, 0) is 48.8 Å². The average molecular weight is 491 g/mol.